The lowest BCUT2D eigenvalue weighted by molar-refractivity contribution is -0.122. The van der Waals surface area contributed by atoms with Gasteiger partial charge >= 0.3 is 0 Å². The first kappa shape index (κ1) is 21.7. The van der Waals surface area contributed by atoms with Gasteiger partial charge in [0, 0.05) is 48.0 Å². The topological polar surface area (TPSA) is 61.9 Å². The molecule has 2 aliphatic rings. The van der Waals surface area contributed by atoms with Crippen molar-refractivity contribution in [2.45, 2.75) is 37.4 Å². The van der Waals surface area contributed by atoms with Gasteiger partial charge in [0.25, 0.3) is 0 Å². The van der Waals surface area contributed by atoms with E-state index in [1.54, 1.807) is 16.7 Å². The van der Waals surface area contributed by atoms with Gasteiger partial charge in [-0.15, -0.1) is 11.8 Å². The first-order valence-corrected chi connectivity index (χ1v) is 11.9. The fourth-order valence-corrected chi connectivity index (χ4v) is 4.69. The van der Waals surface area contributed by atoms with Crippen LogP contribution in [0.25, 0.3) is 0 Å². The average molecular weight is 440 g/mol. The first-order chi connectivity index (χ1) is 14.9. The molecule has 2 aliphatic heterocycles. The van der Waals surface area contributed by atoms with Crippen molar-refractivity contribution in [1.29, 1.82) is 0 Å². The van der Waals surface area contributed by atoms with Gasteiger partial charge in [0.05, 0.1) is 18.1 Å². The number of benzene rings is 2. The maximum Gasteiger partial charge on any atom is 0.229 e. The fourth-order valence-electron chi connectivity index (χ4n) is 4.28. The van der Waals surface area contributed by atoms with Crippen LogP contribution < -0.4 is 15.1 Å². The molecule has 0 radical (unpaired) electrons. The van der Waals surface area contributed by atoms with Crippen LogP contribution in [0.15, 0.2) is 53.4 Å². The van der Waals surface area contributed by atoms with E-state index in [1.165, 1.54) is 0 Å². The van der Waals surface area contributed by atoms with Gasteiger partial charge in [0.15, 0.2) is 0 Å². The van der Waals surface area contributed by atoms with E-state index in [9.17, 15) is 9.59 Å². The molecule has 164 valence electrons. The van der Waals surface area contributed by atoms with Crippen molar-refractivity contribution in [3.05, 3.63) is 48.5 Å². The zero-order chi connectivity index (χ0) is 22.0. The van der Waals surface area contributed by atoms with Gasteiger partial charge in [0.2, 0.25) is 11.8 Å². The Morgan fingerprint density at radius 3 is 2.19 bits per heavy atom. The van der Waals surface area contributed by atoms with Gasteiger partial charge in [-0.2, -0.15) is 0 Å². The predicted molar refractivity (Wildman–Crippen MR) is 126 cm³/mol. The fraction of sp³-hybridized carbons (Fsp3) is 0.417. The molecule has 0 saturated carbocycles. The molecule has 2 amide bonds. The summed E-state index contributed by atoms with van der Waals surface area (Å²) in [4.78, 5) is 30.4. The second kappa shape index (κ2) is 9.32. The van der Waals surface area contributed by atoms with E-state index in [2.05, 4.69) is 24.1 Å². The number of carbonyl (C=O) groups excluding carboxylic acids is 2. The minimum Gasteiger partial charge on any atom is -0.372 e. The number of anilines is 3. The quantitative estimate of drug-likeness (QED) is 0.713. The Balaban J connectivity index is 1.36. The van der Waals surface area contributed by atoms with Crippen molar-refractivity contribution in [2.24, 2.45) is 5.92 Å². The molecule has 0 aromatic heterocycles. The number of nitrogens with one attached hydrogen (secondary N) is 1. The molecule has 2 heterocycles. The summed E-state index contributed by atoms with van der Waals surface area (Å²) >= 11 is 1.66. The van der Waals surface area contributed by atoms with Crippen molar-refractivity contribution in [1.82, 2.24) is 0 Å². The van der Waals surface area contributed by atoms with E-state index >= 15 is 0 Å². The molecule has 2 aromatic rings. The number of ether oxygens (including phenoxy) is 1. The molecule has 0 bridgehead atoms. The smallest absolute Gasteiger partial charge is 0.229 e. The monoisotopic (exact) mass is 439 g/mol. The van der Waals surface area contributed by atoms with Crippen LogP contribution >= 0.6 is 11.8 Å². The lowest BCUT2D eigenvalue weighted by atomic mass is 10.1. The Hall–Kier alpha value is -2.51. The minimum absolute atomic E-state index is 0.0112. The van der Waals surface area contributed by atoms with Crippen molar-refractivity contribution in [3.63, 3.8) is 0 Å². The largest absolute Gasteiger partial charge is 0.372 e. The number of rotatable bonds is 5. The molecule has 0 aliphatic carbocycles. The van der Waals surface area contributed by atoms with E-state index < -0.39 is 0 Å². The van der Waals surface area contributed by atoms with Crippen LogP contribution in [-0.4, -0.2) is 49.9 Å². The van der Waals surface area contributed by atoms with Gasteiger partial charge < -0.3 is 19.9 Å². The summed E-state index contributed by atoms with van der Waals surface area (Å²) in [5, 5.41) is 2.98. The normalized spacial score (nSPS) is 23.8. The third kappa shape index (κ3) is 5.05. The van der Waals surface area contributed by atoms with E-state index in [0.717, 1.165) is 35.0 Å². The minimum atomic E-state index is -0.353. The molecular weight excluding hydrogens is 410 g/mol. The molecule has 6 nitrogen and oxygen atoms in total. The molecule has 0 spiro atoms. The molecule has 31 heavy (non-hydrogen) atoms. The summed E-state index contributed by atoms with van der Waals surface area (Å²) in [7, 11) is 0. The van der Waals surface area contributed by atoms with E-state index in [-0.39, 0.29) is 36.4 Å². The third-order valence-corrected chi connectivity index (χ3v) is 6.54. The molecule has 1 N–H and O–H groups in total. The van der Waals surface area contributed by atoms with Crippen molar-refractivity contribution in [2.75, 3.05) is 41.0 Å². The van der Waals surface area contributed by atoms with Crippen LogP contribution in [-0.2, 0) is 14.3 Å². The molecule has 4 rings (SSSR count). The summed E-state index contributed by atoms with van der Waals surface area (Å²) in [6, 6.07) is 15.8. The first-order valence-electron chi connectivity index (χ1n) is 10.7. The van der Waals surface area contributed by atoms with Crippen molar-refractivity contribution >= 4 is 40.6 Å². The van der Waals surface area contributed by atoms with Crippen LogP contribution in [0.2, 0.25) is 0 Å². The van der Waals surface area contributed by atoms with Gasteiger partial charge in [-0.25, -0.2) is 0 Å². The highest BCUT2D eigenvalue weighted by molar-refractivity contribution is 7.98. The number of morpholine rings is 1. The molecule has 2 saturated heterocycles. The number of thioether (sulfide) groups is 1. The molecule has 3 unspecified atom stereocenters. The van der Waals surface area contributed by atoms with E-state index in [0.29, 0.717) is 6.54 Å². The van der Waals surface area contributed by atoms with Crippen LogP contribution in [0.5, 0.6) is 0 Å². The van der Waals surface area contributed by atoms with Crippen LogP contribution in [0.1, 0.15) is 20.3 Å². The number of amides is 2. The maximum absolute atomic E-state index is 12.8. The number of carbonyl (C=O) groups is 2. The number of hydrogen-bond donors (Lipinski definition) is 1. The van der Waals surface area contributed by atoms with Crippen LogP contribution in [0.4, 0.5) is 17.1 Å². The van der Waals surface area contributed by atoms with Gasteiger partial charge in [0.1, 0.15) is 0 Å². The van der Waals surface area contributed by atoms with Gasteiger partial charge in [-0.1, -0.05) is 0 Å². The lowest BCUT2D eigenvalue weighted by Gasteiger charge is -2.36. The van der Waals surface area contributed by atoms with Crippen molar-refractivity contribution in [3.8, 4) is 0 Å². The van der Waals surface area contributed by atoms with Crippen LogP contribution in [0, 0.1) is 5.92 Å². The summed E-state index contributed by atoms with van der Waals surface area (Å²) in [6.07, 6.45) is 2.65. The highest BCUT2D eigenvalue weighted by atomic mass is 32.2. The summed E-state index contributed by atoms with van der Waals surface area (Å²) < 4.78 is 5.80. The predicted octanol–water partition coefficient (Wildman–Crippen LogP) is 4.01. The zero-order valence-electron chi connectivity index (χ0n) is 18.2. The van der Waals surface area contributed by atoms with Crippen LogP contribution in [0.3, 0.4) is 0 Å². The Kier molecular flexibility index (Phi) is 6.53. The Morgan fingerprint density at radius 2 is 1.58 bits per heavy atom. The maximum atomic E-state index is 12.8. The van der Waals surface area contributed by atoms with E-state index in [4.69, 9.17) is 4.74 Å². The number of hydrogen-bond acceptors (Lipinski definition) is 5. The summed E-state index contributed by atoms with van der Waals surface area (Å²) in [6.45, 7) is 6.29. The third-order valence-electron chi connectivity index (χ3n) is 5.80. The molecular formula is C24H29N3O3S. The van der Waals surface area contributed by atoms with Crippen molar-refractivity contribution < 1.29 is 14.3 Å². The standard InChI is InChI=1S/C24H29N3O3S/c1-16-13-26(14-17(2)30-16)20-6-4-19(5-7-20)25-24(29)18-12-23(28)27(15-18)21-8-10-22(31-3)11-9-21/h4-11,16-18H,12-15H2,1-3H3,(H,25,29). The second-order valence-corrected chi connectivity index (χ2v) is 9.18. The molecule has 2 aromatic carbocycles. The van der Waals surface area contributed by atoms with Gasteiger partial charge in [-0.05, 0) is 68.6 Å². The SMILES string of the molecule is CSc1ccc(N2CC(C(=O)Nc3ccc(N4CC(C)OC(C)C4)cc3)CC2=O)cc1. The molecule has 3 atom stereocenters. The Bertz CT molecular complexity index is 922. The Morgan fingerprint density at radius 1 is 0.968 bits per heavy atom. The molecule has 2 fully saturated rings. The summed E-state index contributed by atoms with van der Waals surface area (Å²) in [5.74, 6) is -0.478. The highest BCUT2D eigenvalue weighted by Gasteiger charge is 2.35. The number of nitrogens with zero attached hydrogens (tertiary/aromatic N) is 2. The average Bonchev–Trinajstić information content (AvgIpc) is 3.15. The lowest BCUT2D eigenvalue weighted by Crippen LogP contribution is -2.45. The summed E-state index contributed by atoms with van der Waals surface area (Å²) in [5.41, 5.74) is 2.71. The van der Waals surface area contributed by atoms with Gasteiger partial charge in [-0.3, -0.25) is 9.59 Å². The highest BCUT2D eigenvalue weighted by Crippen LogP contribution is 2.28. The molecule has 7 heteroatoms. The zero-order valence-corrected chi connectivity index (χ0v) is 19.0. The van der Waals surface area contributed by atoms with E-state index in [1.807, 2.05) is 54.8 Å². The Labute approximate surface area is 187 Å². The second-order valence-electron chi connectivity index (χ2n) is 8.30.